The Morgan fingerprint density at radius 2 is 2.44 bits per heavy atom. The highest BCUT2D eigenvalue weighted by Gasteiger charge is 2.31. The number of carbonyl (C=O) groups is 1. The summed E-state index contributed by atoms with van der Waals surface area (Å²) in [7, 11) is 0. The number of aromatic nitrogens is 1. The average molecular weight is 268 g/mol. The van der Waals surface area contributed by atoms with Crippen LogP contribution in [0.15, 0.2) is 18.5 Å². The largest absolute Gasteiger partial charge is 0.334 e. The van der Waals surface area contributed by atoms with Gasteiger partial charge in [0.05, 0.1) is 10.6 Å². The smallest absolute Gasteiger partial charge is 0.255 e. The van der Waals surface area contributed by atoms with Gasteiger partial charge in [-0.25, -0.2) is 0 Å². The number of nitrogens with two attached hydrogens (primary N) is 1. The Hall–Kier alpha value is -1.13. The van der Waals surface area contributed by atoms with E-state index in [2.05, 4.69) is 11.9 Å². The quantitative estimate of drug-likeness (QED) is 0.891. The van der Waals surface area contributed by atoms with Crippen LogP contribution in [-0.4, -0.2) is 34.9 Å². The van der Waals surface area contributed by atoms with Crippen LogP contribution in [0, 0.1) is 5.92 Å². The van der Waals surface area contributed by atoms with E-state index in [0.29, 0.717) is 23.0 Å². The van der Waals surface area contributed by atoms with Crippen molar-refractivity contribution in [1.82, 2.24) is 9.88 Å². The molecule has 1 fully saturated rings. The molecule has 0 saturated carbocycles. The summed E-state index contributed by atoms with van der Waals surface area (Å²) in [5.74, 6) is 0.401. The summed E-state index contributed by atoms with van der Waals surface area (Å²) >= 11 is 6.02. The number of likely N-dealkylation sites (tertiary alicyclic amines) is 1. The summed E-state index contributed by atoms with van der Waals surface area (Å²) in [6.07, 6.45) is 5.23. The van der Waals surface area contributed by atoms with Gasteiger partial charge in [-0.1, -0.05) is 18.5 Å². The molecule has 18 heavy (non-hydrogen) atoms. The lowest BCUT2D eigenvalue weighted by Crippen LogP contribution is -2.51. The van der Waals surface area contributed by atoms with Crippen molar-refractivity contribution in [2.75, 3.05) is 13.1 Å². The molecule has 2 N–H and O–H groups in total. The topological polar surface area (TPSA) is 59.2 Å². The first-order chi connectivity index (χ1) is 8.65. The summed E-state index contributed by atoms with van der Waals surface area (Å²) in [6, 6.07) is 1.77. The molecule has 1 aromatic rings. The van der Waals surface area contributed by atoms with Crippen LogP contribution in [0.3, 0.4) is 0 Å². The molecular formula is C13H18ClN3O. The van der Waals surface area contributed by atoms with E-state index in [0.717, 1.165) is 19.4 Å². The maximum atomic E-state index is 12.5. The Kier molecular flexibility index (Phi) is 4.19. The number of amides is 1. The number of nitrogens with zero attached hydrogens (tertiary/aromatic N) is 2. The average Bonchev–Trinajstić information content (AvgIpc) is 2.38. The molecule has 1 saturated heterocycles. The van der Waals surface area contributed by atoms with E-state index in [-0.39, 0.29) is 11.9 Å². The number of piperidine rings is 1. The number of pyridine rings is 1. The van der Waals surface area contributed by atoms with Crippen molar-refractivity contribution in [1.29, 1.82) is 0 Å². The number of halogens is 1. The zero-order chi connectivity index (χ0) is 13.1. The molecule has 1 aliphatic rings. The Labute approximate surface area is 112 Å². The van der Waals surface area contributed by atoms with Crippen molar-refractivity contribution in [2.24, 2.45) is 11.7 Å². The van der Waals surface area contributed by atoms with E-state index in [1.54, 1.807) is 12.3 Å². The summed E-state index contributed by atoms with van der Waals surface area (Å²) in [5.41, 5.74) is 6.31. The summed E-state index contributed by atoms with van der Waals surface area (Å²) in [4.78, 5) is 18.2. The minimum absolute atomic E-state index is 0.0376. The second-order valence-electron chi connectivity index (χ2n) is 4.78. The Morgan fingerprint density at radius 3 is 3.11 bits per heavy atom. The fourth-order valence-electron chi connectivity index (χ4n) is 2.56. The summed E-state index contributed by atoms with van der Waals surface area (Å²) in [6.45, 7) is 3.39. The minimum Gasteiger partial charge on any atom is -0.334 e. The monoisotopic (exact) mass is 267 g/mol. The Bertz CT molecular complexity index is 438. The normalized spacial score (nSPS) is 24.1. The van der Waals surface area contributed by atoms with Crippen LogP contribution in [0.25, 0.3) is 0 Å². The van der Waals surface area contributed by atoms with Crippen LogP contribution in [0.2, 0.25) is 5.02 Å². The third-order valence-corrected chi connectivity index (χ3v) is 3.92. The summed E-state index contributed by atoms with van der Waals surface area (Å²) < 4.78 is 0. The van der Waals surface area contributed by atoms with Gasteiger partial charge in [0, 0.05) is 31.5 Å². The molecule has 1 aromatic heterocycles. The minimum atomic E-state index is -0.0376. The van der Waals surface area contributed by atoms with Crippen molar-refractivity contribution >= 4 is 17.5 Å². The van der Waals surface area contributed by atoms with Crippen LogP contribution in [0.1, 0.15) is 30.1 Å². The molecule has 0 radical (unpaired) electrons. The van der Waals surface area contributed by atoms with Gasteiger partial charge in [-0.2, -0.15) is 0 Å². The van der Waals surface area contributed by atoms with Gasteiger partial charge < -0.3 is 10.6 Å². The zero-order valence-electron chi connectivity index (χ0n) is 10.5. The predicted octanol–water partition coefficient (Wildman–Crippen LogP) is 1.93. The lowest BCUT2D eigenvalue weighted by molar-refractivity contribution is 0.0532. The fraction of sp³-hybridized carbons (Fsp3) is 0.538. The SMILES string of the molecule is C[C@H]1CCCN(C(=O)c2ccncc2Cl)[C@H]1CN. The molecule has 4 nitrogen and oxygen atoms in total. The van der Waals surface area contributed by atoms with Crippen molar-refractivity contribution in [3.05, 3.63) is 29.0 Å². The van der Waals surface area contributed by atoms with Crippen LogP contribution >= 0.6 is 11.6 Å². The van der Waals surface area contributed by atoms with E-state index in [9.17, 15) is 4.79 Å². The second kappa shape index (κ2) is 5.67. The van der Waals surface area contributed by atoms with Gasteiger partial charge in [-0.3, -0.25) is 9.78 Å². The van der Waals surface area contributed by atoms with Crippen LogP contribution in [0.4, 0.5) is 0 Å². The highest BCUT2D eigenvalue weighted by Crippen LogP contribution is 2.26. The van der Waals surface area contributed by atoms with Gasteiger partial charge in [0.25, 0.3) is 5.91 Å². The van der Waals surface area contributed by atoms with E-state index in [4.69, 9.17) is 17.3 Å². The molecule has 0 bridgehead atoms. The zero-order valence-corrected chi connectivity index (χ0v) is 11.2. The van der Waals surface area contributed by atoms with Gasteiger partial charge in [-0.05, 0) is 24.8 Å². The molecule has 1 amide bonds. The van der Waals surface area contributed by atoms with Crippen molar-refractivity contribution < 1.29 is 4.79 Å². The Morgan fingerprint density at radius 1 is 1.67 bits per heavy atom. The maximum Gasteiger partial charge on any atom is 0.255 e. The van der Waals surface area contributed by atoms with E-state index >= 15 is 0 Å². The molecular weight excluding hydrogens is 250 g/mol. The standard InChI is InChI=1S/C13H18ClN3O/c1-9-3-2-6-17(12(9)7-15)13(18)10-4-5-16-8-11(10)14/h4-5,8-9,12H,2-3,6-7,15H2,1H3/t9-,12-/m0/s1. The second-order valence-corrected chi connectivity index (χ2v) is 5.18. The molecule has 1 aliphatic heterocycles. The molecule has 0 aromatic carbocycles. The van der Waals surface area contributed by atoms with Crippen LogP contribution in [0.5, 0.6) is 0 Å². The van der Waals surface area contributed by atoms with Gasteiger partial charge in [0.15, 0.2) is 0 Å². The first-order valence-electron chi connectivity index (χ1n) is 6.25. The van der Waals surface area contributed by atoms with Crippen LogP contribution < -0.4 is 5.73 Å². The lowest BCUT2D eigenvalue weighted by Gasteiger charge is -2.39. The van der Waals surface area contributed by atoms with Gasteiger partial charge >= 0.3 is 0 Å². The summed E-state index contributed by atoms with van der Waals surface area (Å²) in [5, 5.41) is 0.400. The van der Waals surface area contributed by atoms with Crippen LogP contribution in [-0.2, 0) is 0 Å². The number of hydrogen-bond acceptors (Lipinski definition) is 3. The molecule has 2 atom stereocenters. The third-order valence-electron chi connectivity index (χ3n) is 3.62. The molecule has 0 aliphatic carbocycles. The molecule has 98 valence electrons. The van der Waals surface area contributed by atoms with E-state index in [1.165, 1.54) is 6.20 Å². The lowest BCUT2D eigenvalue weighted by atomic mass is 9.90. The number of carbonyl (C=O) groups excluding carboxylic acids is 1. The maximum absolute atomic E-state index is 12.5. The predicted molar refractivity (Wildman–Crippen MR) is 71.5 cm³/mol. The molecule has 2 rings (SSSR count). The highest BCUT2D eigenvalue weighted by atomic mass is 35.5. The molecule has 2 heterocycles. The molecule has 5 heteroatoms. The first-order valence-corrected chi connectivity index (χ1v) is 6.63. The third kappa shape index (κ3) is 2.49. The number of hydrogen-bond donors (Lipinski definition) is 1. The van der Waals surface area contributed by atoms with E-state index < -0.39 is 0 Å². The van der Waals surface area contributed by atoms with Crippen molar-refractivity contribution in [2.45, 2.75) is 25.8 Å². The van der Waals surface area contributed by atoms with Crippen molar-refractivity contribution in [3.8, 4) is 0 Å². The van der Waals surface area contributed by atoms with E-state index in [1.807, 2.05) is 4.90 Å². The molecule has 0 spiro atoms. The van der Waals surface area contributed by atoms with Gasteiger partial charge in [0.1, 0.15) is 0 Å². The van der Waals surface area contributed by atoms with Crippen molar-refractivity contribution in [3.63, 3.8) is 0 Å². The highest BCUT2D eigenvalue weighted by molar-refractivity contribution is 6.33. The Balaban J connectivity index is 2.25. The van der Waals surface area contributed by atoms with Gasteiger partial charge in [0.2, 0.25) is 0 Å². The van der Waals surface area contributed by atoms with Gasteiger partial charge in [-0.15, -0.1) is 0 Å². The molecule has 0 unspecified atom stereocenters. The fourth-order valence-corrected chi connectivity index (χ4v) is 2.76. The first kappa shape index (κ1) is 13.3. The number of rotatable bonds is 2.